The lowest BCUT2D eigenvalue weighted by atomic mass is 10.1. The highest BCUT2D eigenvalue weighted by Gasteiger charge is 2.16. The van der Waals surface area contributed by atoms with Crippen molar-refractivity contribution in [2.24, 2.45) is 0 Å². The Bertz CT molecular complexity index is 936. The van der Waals surface area contributed by atoms with E-state index in [2.05, 4.69) is 15.4 Å². The highest BCUT2D eigenvalue weighted by molar-refractivity contribution is 7.92. The van der Waals surface area contributed by atoms with Gasteiger partial charge in [0, 0.05) is 5.69 Å². The van der Waals surface area contributed by atoms with Gasteiger partial charge in [-0.2, -0.15) is 0 Å². The molecule has 2 aromatic carbocycles. The Morgan fingerprint density at radius 1 is 1.08 bits per heavy atom. The number of sulfonamides is 1. The molecule has 10 heteroatoms. The lowest BCUT2D eigenvalue weighted by molar-refractivity contribution is 0.249. The van der Waals surface area contributed by atoms with Crippen LogP contribution < -0.4 is 15.4 Å². The van der Waals surface area contributed by atoms with Gasteiger partial charge in [-0.3, -0.25) is 4.72 Å². The molecule has 0 heterocycles. The first kappa shape index (κ1) is 19.6. The van der Waals surface area contributed by atoms with Gasteiger partial charge in [-0.25, -0.2) is 26.4 Å². The van der Waals surface area contributed by atoms with Crippen LogP contribution in [0.25, 0.3) is 0 Å². The van der Waals surface area contributed by atoms with Crippen molar-refractivity contribution in [2.45, 2.75) is 13.0 Å². The Hall–Kier alpha value is -2.75. The van der Waals surface area contributed by atoms with Gasteiger partial charge >= 0.3 is 6.03 Å². The minimum absolute atomic E-state index is 0.311. The molecule has 0 aromatic heterocycles. The fourth-order valence-electron chi connectivity index (χ4n) is 2.15. The van der Waals surface area contributed by atoms with Gasteiger partial charge in [0.25, 0.3) is 0 Å². The predicted molar refractivity (Wildman–Crippen MR) is 91.8 cm³/mol. The molecule has 0 aliphatic carbocycles. The Morgan fingerprint density at radius 2 is 1.77 bits per heavy atom. The van der Waals surface area contributed by atoms with Crippen LogP contribution in [-0.4, -0.2) is 20.7 Å². The van der Waals surface area contributed by atoms with E-state index in [0.717, 1.165) is 12.3 Å². The topological polar surface area (TPSA) is 87.3 Å². The van der Waals surface area contributed by atoms with E-state index in [1.807, 2.05) is 0 Å². The number of carbonyl (C=O) groups is 1. The van der Waals surface area contributed by atoms with Crippen LogP contribution in [0, 0.1) is 17.5 Å². The van der Waals surface area contributed by atoms with Crippen LogP contribution in [0.15, 0.2) is 36.4 Å². The summed E-state index contributed by atoms with van der Waals surface area (Å²) in [6.07, 6.45) is 1.01. The molecule has 2 aromatic rings. The molecule has 0 radical (unpaired) electrons. The van der Waals surface area contributed by atoms with Crippen LogP contribution in [0.4, 0.5) is 29.3 Å². The number of rotatable bonds is 5. The standard InChI is InChI=1S/C16H16F3N3O3S/c1-9(10-4-3-5-11(8-10)22-26(2,24)25)20-16(23)21-13-7-6-12(17)14(18)15(13)19/h3-9,22H,1-2H3,(H2,20,21,23). The summed E-state index contributed by atoms with van der Waals surface area (Å²) in [6.45, 7) is 1.61. The van der Waals surface area contributed by atoms with Crippen LogP contribution in [-0.2, 0) is 10.0 Å². The van der Waals surface area contributed by atoms with Crippen LogP contribution in [0.1, 0.15) is 18.5 Å². The summed E-state index contributed by atoms with van der Waals surface area (Å²) in [6, 6.07) is 6.46. The number of benzene rings is 2. The fourth-order valence-corrected chi connectivity index (χ4v) is 2.70. The monoisotopic (exact) mass is 387 g/mol. The number of amides is 2. The first-order valence-electron chi connectivity index (χ1n) is 7.35. The second-order valence-electron chi connectivity index (χ2n) is 5.54. The molecular weight excluding hydrogens is 371 g/mol. The van der Waals surface area contributed by atoms with Crippen molar-refractivity contribution >= 4 is 27.4 Å². The number of hydrogen-bond acceptors (Lipinski definition) is 3. The van der Waals surface area contributed by atoms with E-state index < -0.39 is 45.2 Å². The highest BCUT2D eigenvalue weighted by atomic mass is 32.2. The van der Waals surface area contributed by atoms with Gasteiger partial charge in [-0.15, -0.1) is 0 Å². The van der Waals surface area contributed by atoms with E-state index >= 15 is 0 Å². The minimum Gasteiger partial charge on any atom is -0.331 e. The van der Waals surface area contributed by atoms with Gasteiger partial charge in [-0.1, -0.05) is 12.1 Å². The zero-order chi connectivity index (χ0) is 19.5. The summed E-state index contributed by atoms with van der Waals surface area (Å²) in [5.74, 6) is -4.56. The molecule has 0 aliphatic rings. The number of urea groups is 1. The third-order valence-corrected chi connectivity index (χ3v) is 3.93. The molecule has 2 rings (SSSR count). The van der Waals surface area contributed by atoms with Gasteiger partial charge in [0.05, 0.1) is 18.0 Å². The second-order valence-corrected chi connectivity index (χ2v) is 7.29. The number of nitrogens with one attached hydrogen (secondary N) is 3. The lowest BCUT2D eigenvalue weighted by Gasteiger charge is -2.16. The van der Waals surface area contributed by atoms with E-state index in [4.69, 9.17) is 0 Å². The molecule has 26 heavy (non-hydrogen) atoms. The first-order chi connectivity index (χ1) is 12.1. The maximum Gasteiger partial charge on any atom is 0.319 e. The number of hydrogen-bond donors (Lipinski definition) is 3. The first-order valence-corrected chi connectivity index (χ1v) is 9.24. The Labute approximate surface area is 148 Å². The maximum atomic E-state index is 13.6. The molecule has 0 saturated carbocycles. The molecule has 6 nitrogen and oxygen atoms in total. The zero-order valence-electron chi connectivity index (χ0n) is 13.8. The molecule has 1 unspecified atom stereocenters. The largest absolute Gasteiger partial charge is 0.331 e. The van der Waals surface area contributed by atoms with Crippen molar-refractivity contribution in [1.29, 1.82) is 0 Å². The van der Waals surface area contributed by atoms with E-state index in [0.29, 0.717) is 17.3 Å². The molecule has 0 saturated heterocycles. The quantitative estimate of drug-likeness (QED) is 0.688. The molecule has 1 atom stereocenters. The van der Waals surface area contributed by atoms with E-state index in [9.17, 15) is 26.4 Å². The van der Waals surface area contributed by atoms with Crippen LogP contribution >= 0.6 is 0 Å². The molecule has 2 amide bonds. The third kappa shape index (κ3) is 5.12. The maximum absolute atomic E-state index is 13.6. The second kappa shape index (κ2) is 7.65. The van der Waals surface area contributed by atoms with Crippen LogP contribution in [0.3, 0.4) is 0 Å². The van der Waals surface area contributed by atoms with Gasteiger partial charge in [-0.05, 0) is 36.8 Å². The Morgan fingerprint density at radius 3 is 2.42 bits per heavy atom. The zero-order valence-corrected chi connectivity index (χ0v) is 14.6. The molecule has 0 fully saturated rings. The van der Waals surface area contributed by atoms with Crippen molar-refractivity contribution in [3.8, 4) is 0 Å². The van der Waals surface area contributed by atoms with Gasteiger partial charge in [0.2, 0.25) is 10.0 Å². The SMILES string of the molecule is CC(NC(=O)Nc1ccc(F)c(F)c1F)c1cccc(NS(C)(=O)=O)c1. The lowest BCUT2D eigenvalue weighted by Crippen LogP contribution is -2.31. The molecule has 140 valence electrons. The molecular formula is C16H16F3N3O3S. The van der Waals surface area contributed by atoms with Crippen molar-refractivity contribution in [1.82, 2.24) is 5.32 Å². The summed E-state index contributed by atoms with van der Waals surface area (Å²) in [7, 11) is -3.45. The Balaban J connectivity index is 2.08. The average molecular weight is 387 g/mol. The summed E-state index contributed by atoms with van der Waals surface area (Å²) in [5, 5.41) is 4.57. The van der Waals surface area contributed by atoms with E-state index in [1.165, 1.54) is 12.1 Å². The summed E-state index contributed by atoms with van der Waals surface area (Å²) < 4.78 is 64.5. The van der Waals surface area contributed by atoms with E-state index in [1.54, 1.807) is 19.1 Å². The summed E-state index contributed by atoms with van der Waals surface area (Å²) in [4.78, 5) is 11.9. The van der Waals surface area contributed by atoms with Crippen LogP contribution in [0.5, 0.6) is 0 Å². The normalized spacial score (nSPS) is 12.3. The summed E-state index contributed by atoms with van der Waals surface area (Å²) >= 11 is 0. The highest BCUT2D eigenvalue weighted by Crippen LogP contribution is 2.21. The van der Waals surface area contributed by atoms with Gasteiger partial charge in [0.1, 0.15) is 0 Å². The fraction of sp³-hybridized carbons (Fsp3) is 0.188. The smallest absolute Gasteiger partial charge is 0.319 e. The molecule has 0 aliphatic heterocycles. The van der Waals surface area contributed by atoms with Crippen molar-refractivity contribution in [3.05, 3.63) is 59.4 Å². The summed E-state index contributed by atoms with van der Waals surface area (Å²) in [5.41, 5.74) is 0.367. The molecule has 0 bridgehead atoms. The minimum atomic E-state index is -3.45. The Kier molecular flexibility index (Phi) is 5.76. The van der Waals surface area contributed by atoms with Crippen molar-refractivity contribution in [2.75, 3.05) is 16.3 Å². The molecule has 3 N–H and O–H groups in total. The number of halogens is 3. The van der Waals surface area contributed by atoms with Gasteiger partial charge in [0.15, 0.2) is 17.5 Å². The predicted octanol–water partition coefficient (Wildman–Crippen LogP) is 3.36. The van der Waals surface area contributed by atoms with Crippen molar-refractivity contribution in [3.63, 3.8) is 0 Å². The number of carbonyl (C=O) groups excluding carboxylic acids is 1. The average Bonchev–Trinajstić information content (AvgIpc) is 2.54. The number of anilines is 2. The van der Waals surface area contributed by atoms with Gasteiger partial charge < -0.3 is 10.6 Å². The molecule has 0 spiro atoms. The van der Waals surface area contributed by atoms with Crippen LogP contribution in [0.2, 0.25) is 0 Å². The van der Waals surface area contributed by atoms with Crippen molar-refractivity contribution < 1.29 is 26.4 Å². The van der Waals surface area contributed by atoms with E-state index in [-0.39, 0.29) is 0 Å². The third-order valence-electron chi connectivity index (χ3n) is 3.32.